The Labute approximate surface area is 197 Å². The molecule has 7 nitrogen and oxygen atoms in total. The molecule has 0 heterocycles. The number of carbonyl (C=O) groups excluding carboxylic acids is 2. The van der Waals surface area contributed by atoms with Crippen molar-refractivity contribution in [2.45, 2.75) is 84.6 Å². The first-order valence-corrected chi connectivity index (χ1v) is 12.8. The van der Waals surface area contributed by atoms with Gasteiger partial charge >= 0.3 is 12.2 Å². The van der Waals surface area contributed by atoms with E-state index in [0.29, 0.717) is 29.5 Å². The lowest BCUT2D eigenvalue weighted by Gasteiger charge is -2.61. The van der Waals surface area contributed by atoms with Crippen LogP contribution < -0.4 is 5.32 Å². The van der Waals surface area contributed by atoms with E-state index in [1.54, 1.807) is 6.92 Å². The molecular weight excluding hydrogens is 422 g/mol. The summed E-state index contributed by atoms with van der Waals surface area (Å²) in [5, 5.41) is 11.8. The molecule has 1 amide bonds. The molecule has 0 aromatic rings. The van der Waals surface area contributed by atoms with Gasteiger partial charge in [-0.05, 0) is 105 Å². The summed E-state index contributed by atoms with van der Waals surface area (Å²) in [6.45, 7) is 6.62. The van der Waals surface area contributed by atoms with Crippen LogP contribution in [0.5, 0.6) is 0 Å². The zero-order valence-corrected chi connectivity index (χ0v) is 20.6. The predicted molar refractivity (Wildman–Crippen MR) is 123 cm³/mol. The fraction of sp³-hybridized carbons (Fsp3) is 0.885. The van der Waals surface area contributed by atoms with Crippen molar-refractivity contribution >= 4 is 18.0 Å². The van der Waals surface area contributed by atoms with Crippen LogP contribution in [0.2, 0.25) is 0 Å². The number of hydrogen-bond acceptors (Lipinski definition) is 5. The van der Waals surface area contributed by atoms with Crippen LogP contribution in [-0.2, 0) is 14.3 Å². The quantitative estimate of drug-likeness (QED) is 0.539. The van der Waals surface area contributed by atoms with Crippen molar-refractivity contribution in [1.29, 1.82) is 0 Å². The second-order valence-corrected chi connectivity index (χ2v) is 11.8. The molecule has 9 atom stereocenters. The Bertz CT molecular complexity index is 785. The van der Waals surface area contributed by atoms with Gasteiger partial charge in [0.25, 0.3) is 0 Å². The topological polar surface area (TPSA) is 102 Å². The van der Waals surface area contributed by atoms with Gasteiger partial charge in [0.2, 0.25) is 0 Å². The number of amides is 1. The maximum Gasteiger partial charge on any atom is 0.505 e. The van der Waals surface area contributed by atoms with Crippen molar-refractivity contribution in [3.8, 4) is 0 Å². The Balaban J connectivity index is 1.48. The summed E-state index contributed by atoms with van der Waals surface area (Å²) in [4.78, 5) is 35.2. The van der Waals surface area contributed by atoms with E-state index in [1.807, 2.05) is 0 Å². The zero-order chi connectivity index (χ0) is 24.0. The number of carboxylic acid groups (broad SMARTS) is 1. The molecule has 0 aliphatic heterocycles. The number of nitrogens with one attached hydrogen (secondary N) is 1. The van der Waals surface area contributed by atoms with E-state index in [0.717, 1.165) is 32.1 Å². The molecule has 0 radical (unpaired) electrons. The van der Waals surface area contributed by atoms with E-state index in [1.165, 1.54) is 32.8 Å². The van der Waals surface area contributed by atoms with Crippen molar-refractivity contribution in [3.05, 3.63) is 0 Å². The van der Waals surface area contributed by atoms with Gasteiger partial charge in [-0.3, -0.25) is 4.79 Å². The summed E-state index contributed by atoms with van der Waals surface area (Å²) in [5.74, 6) is 3.45. The molecule has 1 unspecified atom stereocenters. The Morgan fingerprint density at radius 3 is 2.36 bits per heavy atom. The van der Waals surface area contributed by atoms with Crippen LogP contribution in [0.4, 0.5) is 9.59 Å². The van der Waals surface area contributed by atoms with E-state index in [2.05, 4.69) is 19.2 Å². The van der Waals surface area contributed by atoms with E-state index in [-0.39, 0.29) is 35.3 Å². The number of ketones is 1. The molecule has 0 saturated heterocycles. The minimum absolute atomic E-state index is 0.0442. The smallest absolute Gasteiger partial charge is 0.453 e. The second kappa shape index (κ2) is 9.10. The SMILES string of the molecule is COC(=O)NC(COC(=O)O)[C@@H]1CC[C@@]2(C)[C@@H](CC[C@@H]3[C@@H]2CC[C@]2(C)[C@@H](C(C)=O)CC[C@@H]32)C1. The van der Waals surface area contributed by atoms with Crippen molar-refractivity contribution in [3.63, 3.8) is 0 Å². The van der Waals surface area contributed by atoms with Crippen molar-refractivity contribution in [1.82, 2.24) is 5.32 Å². The molecule has 186 valence electrons. The molecule has 4 aliphatic rings. The molecule has 0 aromatic carbocycles. The number of rotatable bonds is 5. The van der Waals surface area contributed by atoms with Crippen molar-refractivity contribution in [2.75, 3.05) is 13.7 Å². The van der Waals surface area contributed by atoms with Crippen LogP contribution in [0.15, 0.2) is 0 Å². The van der Waals surface area contributed by atoms with Gasteiger partial charge in [0.05, 0.1) is 13.2 Å². The van der Waals surface area contributed by atoms with E-state index in [9.17, 15) is 14.4 Å². The van der Waals surface area contributed by atoms with Gasteiger partial charge in [0.1, 0.15) is 12.4 Å². The summed E-state index contributed by atoms with van der Waals surface area (Å²) >= 11 is 0. The maximum atomic E-state index is 12.4. The summed E-state index contributed by atoms with van der Waals surface area (Å²) < 4.78 is 9.63. The second-order valence-electron chi connectivity index (χ2n) is 11.8. The Hall–Kier alpha value is -1.79. The van der Waals surface area contributed by atoms with Crippen LogP contribution in [0.1, 0.15) is 78.6 Å². The van der Waals surface area contributed by atoms with Crippen molar-refractivity contribution in [2.24, 2.45) is 46.3 Å². The van der Waals surface area contributed by atoms with E-state index in [4.69, 9.17) is 14.6 Å². The van der Waals surface area contributed by atoms with Gasteiger partial charge in [0.15, 0.2) is 0 Å². The Kier molecular flexibility index (Phi) is 6.71. The standard InChI is InChI=1S/C26H41NO6/c1-15(28)19-7-8-20-18-6-5-17-13-16(22(14-33-24(30)31)27-23(29)32-4)9-11-25(17,2)21(18)10-12-26(19,20)3/h16-22H,5-14H2,1-4H3,(H,27,29)(H,30,31)/t16-,17+,18+,19-,20+,21+,22?,25+,26-/m1/s1. The number of alkyl carbamates (subject to hydrolysis) is 1. The number of fused-ring (bicyclic) bond motifs is 5. The van der Waals surface area contributed by atoms with Crippen LogP contribution in [0.25, 0.3) is 0 Å². The van der Waals surface area contributed by atoms with Crippen molar-refractivity contribution < 1.29 is 29.0 Å². The Morgan fingerprint density at radius 1 is 1.00 bits per heavy atom. The van der Waals surface area contributed by atoms with Gasteiger partial charge in [-0.25, -0.2) is 9.59 Å². The molecule has 4 aliphatic carbocycles. The third kappa shape index (κ3) is 4.25. The predicted octanol–water partition coefficient (Wildman–Crippen LogP) is 5.27. The first-order valence-electron chi connectivity index (χ1n) is 12.8. The normalized spacial score (nSPS) is 42.8. The highest BCUT2D eigenvalue weighted by Crippen LogP contribution is 2.67. The van der Waals surface area contributed by atoms with E-state index < -0.39 is 12.2 Å². The Morgan fingerprint density at radius 2 is 1.70 bits per heavy atom. The molecule has 0 spiro atoms. The average molecular weight is 464 g/mol. The molecule has 0 bridgehead atoms. The van der Waals surface area contributed by atoms with Crippen LogP contribution in [0.3, 0.4) is 0 Å². The minimum atomic E-state index is -1.32. The fourth-order valence-electron chi connectivity index (χ4n) is 8.99. The molecule has 0 aromatic heterocycles. The van der Waals surface area contributed by atoms with E-state index >= 15 is 0 Å². The minimum Gasteiger partial charge on any atom is -0.453 e. The van der Waals surface area contributed by atoms with Crippen LogP contribution >= 0.6 is 0 Å². The number of ether oxygens (including phenoxy) is 2. The van der Waals surface area contributed by atoms with Gasteiger partial charge in [-0.2, -0.15) is 0 Å². The first-order chi connectivity index (χ1) is 15.6. The highest BCUT2D eigenvalue weighted by Gasteiger charge is 2.61. The van der Waals surface area contributed by atoms with Crippen LogP contribution in [-0.4, -0.2) is 42.9 Å². The molecule has 4 rings (SSSR count). The lowest BCUT2D eigenvalue weighted by atomic mass is 9.44. The fourth-order valence-corrected chi connectivity index (χ4v) is 8.99. The highest BCUT2D eigenvalue weighted by molar-refractivity contribution is 5.79. The molecule has 33 heavy (non-hydrogen) atoms. The van der Waals surface area contributed by atoms with Gasteiger partial charge in [-0.15, -0.1) is 0 Å². The number of methoxy groups -OCH3 is 1. The summed E-state index contributed by atoms with van der Waals surface area (Å²) in [5.41, 5.74) is 0.454. The molecule has 7 heteroatoms. The summed E-state index contributed by atoms with van der Waals surface area (Å²) in [6.07, 6.45) is 8.20. The van der Waals surface area contributed by atoms with Gasteiger partial charge in [0, 0.05) is 5.92 Å². The number of hydrogen-bond donors (Lipinski definition) is 2. The third-order valence-electron chi connectivity index (χ3n) is 10.6. The monoisotopic (exact) mass is 463 g/mol. The lowest BCUT2D eigenvalue weighted by Crippen LogP contribution is -2.55. The summed E-state index contributed by atoms with van der Waals surface area (Å²) in [6, 6.07) is -0.364. The number of carbonyl (C=O) groups is 3. The summed E-state index contributed by atoms with van der Waals surface area (Å²) in [7, 11) is 1.32. The average Bonchev–Trinajstić information content (AvgIpc) is 3.13. The molecule has 4 saturated carbocycles. The van der Waals surface area contributed by atoms with Gasteiger partial charge in [-0.1, -0.05) is 13.8 Å². The molecule has 2 N–H and O–H groups in total. The number of Topliss-reactive ketones (excluding diaryl/α,β-unsaturated/α-hetero) is 1. The lowest BCUT2D eigenvalue weighted by molar-refractivity contribution is -0.136. The third-order valence-corrected chi connectivity index (χ3v) is 10.6. The molecular formula is C26H41NO6. The van der Waals surface area contributed by atoms with Crippen LogP contribution in [0, 0.1) is 46.3 Å². The maximum absolute atomic E-state index is 12.4. The first kappa shape index (κ1) is 24.3. The van der Waals surface area contributed by atoms with Gasteiger partial charge < -0.3 is 19.9 Å². The zero-order valence-electron chi connectivity index (χ0n) is 20.6. The molecule has 4 fully saturated rings. The highest BCUT2D eigenvalue weighted by atomic mass is 16.7. The largest absolute Gasteiger partial charge is 0.505 e.